The van der Waals surface area contributed by atoms with Gasteiger partial charge in [-0.05, 0) is 40.7 Å². The molecule has 0 saturated carbocycles. The molecule has 1 aromatic carbocycles. The van der Waals surface area contributed by atoms with Crippen LogP contribution < -0.4 is 14.2 Å². The van der Waals surface area contributed by atoms with Gasteiger partial charge in [-0.2, -0.15) is 0 Å². The van der Waals surface area contributed by atoms with Crippen LogP contribution >= 0.6 is 0 Å². The van der Waals surface area contributed by atoms with Gasteiger partial charge < -0.3 is 23.7 Å². The summed E-state index contributed by atoms with van der Waals surface area (Å²) < 4.78 is 44.3. The van der Waals surface area contributed by atoms with E-state index in [2.05, 4.69) is 4.72 Å². The minimum absolute atomic E-state index is 0.0803. The summed E-state index contributed by atoms with van der Waals surface area (Å²) in [5.41, 5.74) is 0.980. The smallest absolute Gasteiger partial charge is 0.163 e. The van der Waals surface area contributed by atoms with Crippen LogP contribution in [-0.2, 0) is 25.2 Å². The lowest BCUT2D eigenvalue weighted by Gasteiger charge is -2.34. The first kappa shape index (κ1) is 22.5. The van der Waals surface area contributed by atoms with Crippen LogP contribution in [0.4, 0.5) is 0 Å². The highest BCUT2D eigenvalue weighted by Gasteiger charge is 2.34. The molecule has 1 unspecified atom stereocenters. The maximum Gasteiger partial charge on any atom is 0.163 e. The second-order valence-corrected chi connectivity index (χ2v) is 10.9. The van der Waals surface area contributed by atoms with Crippen molar-refractivity contribution in [2.24, 2.45) is 0 Å². The van der Waals surface area contributed by atoms with Gasteiger partial charge in [0.25, 0.3) is 0 Å². The van der Waals surface area contributed by atoms with Crippen LogP contribution in [0.1, 0.15) is 52.6 Å². The number of hydrogen-bond donors (Lipinski definition) is 1. The van der Waals surface area contributed by atoms with Crippen LogP contribution in [0.2, 0.25) is 0 Å². The Kier molecular flexibility index (Phi) is 6.90. The van der Waals surface area contributed by atoms with Gasteiger partial charge in [0.15, 0.2) is 5.79 Å². The van der Waals surface area contributed by atoms with Crippen molar-refractivity contribution in [2.75, 3.05) is 26.9 Å². The zero-order chi connectivity index (χ0) is 21.2. The second-order valence-electron chi connectivity index (χ2n) is 8.92. The van der Waals surface area contributed by atoms with Gasteiger partial charge in [-0.25, -0.2) is 8.93 Å². The van der Waals surface area contributed by atoms with Gasteiger partial charge in [-0.1, -0.05) is 6.07 Å². The zero-order valence-electron chi connectivity index (χ0n) is 18.2. The summed E-state index contributed by atoms with van der Waals surface area (Å²) in [6, 6.07) is 5.64. The third-order valence-electron chi connectivity index (χ3n) is 4.87. The fourth-order valence-corrected chi connectivity index (χ4v) is 4.18. The van der Waals surface area contributed by atoms with Gasteiger partial charge in [0, 0.05) is 18.1 Å². The van der Waals surface area contributed by atoms with Gasteiger partial charge >= 0.3 is 0 Å². The standard InChI is InChI=1S/C21H33NO6S/c1-20(2,3)29(23)22-18-9-15(11-25-12-16-13-26-21(4,5)28-16)27-19-10-14(24-6)7-8-17(18)19/h7-8,10,15-16,18,22H,9,11-13H2,1-6H3/t15-,16-,18-,29?/m0/s1. The molecule has 1 aromatic rings. The number of methoxy groups -OCH3 is 1. The molecule has 0 amide bonds. The molecule has 0 aliphatic carbocycles. The third-order valence-corrected chi connectivity index (χ3v) is 6.48. The molecule has 0 aromatic heterocycles. The average molecular weight is 428 g/mol. The highest BCUT2D eigenvalue weighted by atomic mass is 32.2. The normalized spacial score (nSPS) is 27.2. The molecule has 29 heavy (non-hydrogen) atoms. The Labute approximate surface area is 176 Å². The lowest BCUT2D eigenvalue weighted by atomic mass is 9.97. The fraction of sp³-hybridized carbons (Fsp3) is 0.714. The van der Waals surface area contributed by atoms with E-state index in [1.54, 1.807) is 7.11 Å². The predicted octanol–water partition coefficient (Wildman–Crippen LogP) is 3.11. The van der Waals surface area contributed by atoms with Gasteiger partial charge in [-0.3, -0.25) is 0 Å². The van der Waals surface area contributed by atoms with Gasteiger partial charge in [0.2, 0.25) is 0 Å². The molecule has 0 bridgehead atoms. The van der Waals surface area contributed by atoms with Crippen LogP contribution in [0.3, 0.4) is 0 Å². The predicted molar refractivity (Wildman–Crippen MR) is 112 cm³/mol. The number of ether oxygens (including phenoxy) is 5. The first-order chi connectivity index (χ1) is 13.6. The molecule has 4 atom stereocenters. The van der Waals surface area contributed by atoms with E-state index in [0.717, 1.165) is 17.1 Å². The first-order valence-corrected chi connectivity index (χ1v) is 11.1. The number of rotatable bonds is 7. The first-order valence-electron chi connectivity index (χ1n) is 9.99. The van der Waals surface area contributed by atoms with E-state index in [1.807, 2.05) is 52.8 Å². The lowest BCUT2D eigenvalue weighted by Crippen LogP contribution is -2.41. The Hall–Kier alpha value is -1.19. The molecule has 7 nitrogen and oxygen atoms in total. The van der Waals surface area contributed by atoms with Crippen molar-refractivity contribution in [3.63, 3.8) is 0 Å². The van der Waals surface area contributed by atoms with E-state index >= 15 is 0 Å². The quantitative estimate of drug-likeness (QED) is 0.721. The molecule has 1 fully saturated rings. The summed E-state index contributed by atoms with van der Waals surface area (Å²) in [4.78, 5) is 0. The van der Waals surface area contributed by atoms with E-state index in [9.17, 15) is 4.21 Å². The van der Waals surface area contributed by atoms with E-state index in [4.69, 9.17) is 23.7 Å². The maximum absolute atomic E-state index is 12.7. The fourth-order valence-electron chi connectivity index (χ4n) is 3.34. The summed E-state index contributed by atoms with van der Waals surface area (Å²) in [6.07, 6.45) is 0.414. The van der Waals surface area contributed by atoms with E-state index < -0.39 is 16.8 Å². The summed E-state index contributed by atoms with van der Waals surface area (Å²) in [6.45, 7) is 11.0. The van der Waals surface area contributed by atoms with Crippen molar-refractivity contribution in [3.05, 3.63) is 23.8 Å². The van der Waals surface area contributed by atoms with Crippen molar-refractivity contribution < 1.29 is 27.9 Å². The Morgan fingerprint density at radius 1 is 1.24 bits per heavy atom. The highest BCUT2D eigenvalue weighted by molar-refractivity contribution is 7.84. The molecule has 8 heteroatoms. The van der Waals surface area contributed by atoms with Crippen molar-refractivity contribution in [1.29, 1.82) is 0 Å². The van der Waals surface area contributed by atoms with Gasteiger partial charge in [0.1, 0.15) is 23.7 Å². The number of hydrogen-bond acceptors (Lipinski definition) is 6. The molecule has 2 heterocycles. The average Bonchev–Trinajstić information content (AvgIpc) is 2.99. The molecule has 1 saturated heterocycles. The highest BCUT2D eigenvalue weighted by Crippen LogP contribution is 2.38. The van der Waals surface area contributed by atoms with Gasteiger partial charge in [0.05, 0.1) is 48.7 Å². The minimum atomic E-state index is -1.19. The van der Waals surface area contributed by atoms with Crippen molar-refractivity contribution >= 4 is 11.0 Å². The number of nitrogens with one attached hydrogen (secondary N) is 1. The lowest BCUT2D eigenvalue weighted by molar-refractivity contribution is -0.146. The van der Waals surface area contributed by atoms with E-state index in [-0.39, 0.29) is 23.0 Å². The summed E-state index contributed by atoms with van der Waals surface area (Å²) in [5.74, 6) is 0.894. The largest absolute Gasteiger partial charge is 0.497 e. The van der Waals surface area contributed by atoms with E-state index in [0.29, 0.717) is 26.2 Å². The summed E-state index contributed by atoms with van der Waals surface area (Å²) >= 11 is 0. The van der Waals surface area contributed by atoms with Crippen molar-refractivity contribution in [3.8, 4) is 11.5 Å². The maximum atomic E-state index is 12.7. The molecule has 3 rings (SSSR count). The van der Waals surface area contributed by atoms with Crippen LogP contribution in [-0.4, -0.2) is 53.9 Å². The second kappa shape index (κ2) is 8.89. The third kappa shape index (κ3) is 5.92. The Balaban J connectivity index is 1.65. The molecule has 1 N–H and O–H groups in total. The Morgan fingerprint density at radius 3 is 2.59 bits per heavy atom. The molecule has 2 aliphatic heterocycles. The molecule has 2 aliphatic rings. The monoisotopic (exact) mass is 427 g/mol. The number of fused-ring (bicyclic) bond motifs is 1. The van der Waals surface area contributed by atoms with Crippen LogP contribution in [0.5, 0.6) is 11.5 Å². The number of benzene rings is 1. The Bertz CT molecular complexity index is 732. The minimum Gasteiger partial charge on any atom is -0.497 e. The molecular formula is C21H33NO6S. The van der Waals surface area contributed by atoms with Crippen molar-refractivity contribution in [2.45, 2.75) is 69.8 Å². The zero-order valence-corrected chi connectivity index (χ0v) is 19.0. The topological polar surface area (TPSA) is 75.2 Å². The summed E-state index contributed by atoms with van der Waals surface area (Å²) in [5, 5.41) is 0. The van der Waals surface area contributed by atoms with Crippen LogP contribution in [0.25, 0.3) is 0 Å². The Morgan fingerprint density at radius 2 is 1.97 bits per heavy atom. The molecule has 0 spiro atoms. The SMILES string of the molecule is COc1ccc2c(c1)O[C@H](COC[C@H]1COC(C)(C)O1)C[C@@H]2NS(=O)C(C)(C)C. The van der Waals surface area contributed by atoms with Crippen molar-refractivity contribution in [1.82, 2.24) is 4.72 Å². The summed E-state index contributed by atoms with van der Waals surface area (Å²) in [7, 11) is 0.431. The molecular weight excluding hydrogens is 394 g/mol. The van der Waals surface area contributed by atoms with E-state index in [1.165, 1.54) is 0 Å². The molecule has 0 radical (unpaired) electrons. The van der Waals surface area contributed by atoms with Crippen LogP contribution in [0, 0.1) is 0 Å². The van der Waals surface area contributed by atoms with Gasteiger partial charge in [-0.15, -0.1) is 0 Å². The molecule has 164 valence electrons. The van der Waals surface area contributed by atoms with Crippen LogP contribution in [0.15, 0.2) is 18.2 Å².